The van der Waals surface area contributed by atoms with Crippen LogP contribution in [0.2, 0.25) is 0 Å². The summed E-state index contributed by atoms with van der Waals surface area (Å²) in [6.07, 6.45) is 0.643. The highest BCUT2D eigenvalue weighted by Crippen LogP contribution is 2.56. The zero-order valence-corrected chi connectivity index (χ0v) is 24.6. The van der Waals surface area contributed by atoms with E-state index in [1.165, 1.54) is 12.0 Å². The van der Waals surface area contributed by atoms with Gasteiger partial charge in [0.25, 0.3) is 5.91 Å². The van der Waals surface area contributed by atoms with Crippen LogP contribution in [0.5, 0.6) is 11.5 Å². The molecule has 3 aromatic carbocycles. The van der Waals surface area contributed by atoms with Crippen LogP contribution in [0, 0.1) is 5.92 Å². The smallest absolute Gasteiger partial charge is 0.328 e. The molecule has 12 heteroatoms. The van der Waals surface area contributed by atoms with Gasteiger partial charge in [0.15, 0.2) is 11.5 Å². The van der Waals surface area contributed by atoms with Crippen LogP contribution in [-0.2, 0) is 16.1 Å². The Kier molecular flexibility index (Phi) is 7.30. The number of hydrogen-bond donors (Lipinski definition) is 1. The Balaban J connectivity index is 1.24. The standard InChI is InChI=1S/C32H35N7O5/c1-43-29-9-6-21(16-28(29)40)18-37-19-22-17-27(25-7-8-26(34-35-33)24-5-3-2-4-23(24)25)39-31(42)38(30(41)32(22,39)20-37)11-10-36-12-14-44-15-13-36/h2-9,16,22,27,40H,10-15,17-20H2,1H3/t22-,27-,32+/m1/s1. The first-order valence-electron chi connectivity index (χ1n) is 15.0. The molecule has 4 heterocycles. The van der Waals surface area contributed by atoms with E-state index in [-0.39, 0.29) is 29.6 Å². The van der Waals surface area contributed by atoms with Gasteiger partial charge in [-0.3, -0.25) is 19.5 Å². The van der Waals surface area contributed by atoms with E-state index in [1.807, 2.05) is 41.3 Å². The summed E-state index contributed by atoms with van der Waals surface area (Å²) < 4.78 is 10.7. The van der Waals surface area contributed by atoms with Crippen LogP contribution in [-0.4, -0.2) is 102 Å². The van der Waals surface area contributed by atoms with E-state index in [9.17, 15) is 14.7 Å². The minimum absolute atomic E-state index is 0.0697. The Morgan fingerprint density at radius 2 is 1.86 bits per heavy atom. The average molecular weight is 598 g/mol. The highest BCUT2D eigenvalue weighted by Gasteiger charge is 2.70. The van der Waals surface area contributed by atoms with Gasteiger partial charge in [0.05, 0.1) is 26.4 Å². The van der Waals surface area contributed by atoms with E-state index < -0.39 is 5.54 Å². The lowest BCUT2D eigenvalue weighted by Gasteiger charge is -2.32. The number of aromatic hydroxyl groups is 1. The van der Waals surface area contributed by atoms with Crippen LogP contribution in [0.15, 0.2) is 59.7 Å². The van der Waals surface area contributed by atoms with Gasteiger partial charge < -0.3 is 19.5 Å². The number of likely N-dealkylation sites (tertiary alicyclic amines) is 1. The summed E-state index contributed by atoms with van der Waals surface area (Å²) in [6.45, 7) is 5.39. The van der Waals surface area contributed by atoms with Crippen molar-refractivity contribution in [1.82, 2.24) is 19.6 Å². The second kappa shape index (κ2) is 11.3. The van der Waals surface area contributed by atoms with Gasteiger partial charge in [-0.05, 0) is 46.0 Å². The number of methoxy groups -OCH3 is 1. The SMILES string of the molecule is COc1ccc(CN2C[C@H]3C[C@H](c4ccc(N=[N+]=[N-])c5ccccc45)N4C(=O)N(CCN5CCOCC5)C(=O)[C@]34C2)cc1O. The molecule has 0 radical (unpaired) electrons. The molecule has 3 aromatic rings. The Bertz CT molecular complexity index is 1670. The van der Waals surface area contributed by atoms with Crippen LogP contribution in [0.4, 0.5) is 10.5 Å². The monoisotopic (exact) mass is 597 g/mol. The number of morpholine rings is 1. The molecule has 1 spiro atoms. The summed E-state index contributed by atoms with van der Waals surface area (Å²) in [5, 5.41) is 16.0. The predicted molar refractivity (Wildman–Crippen MR) is 162 cm³/mol. The number of hydrogen-bond acceptors (Lipinski definition) is 8. The minimum atomic E-state index is -0.980. The predicted octanol–water partition coefficient (Wildman–Crippen LogP) is 4.41. The molecule has 3 atom stereocenters. The first-order valence-corrected chi connectivity index (χ1v) is 15.0. The van der Waals surface area contributed by atoms with Gasteiger partial charge >= 0.3 is 6.03 Å². The van der Waals surface area contributed by atoms with E-state index in [2.05, 4.69) is 19.8 Å². The third kappa shape index (κ3) is 4.53. The number of nitrogens with zero attached hydrogens (tertiary/aromatic N) is 7. The zero-order valence-electron chi connectivity index (χ0n) is 24.6. The number of imide groups is 1. The molecular weight excluding hydrogens is 562 g/mol. The molecule has 228 valence electrons. The Morgan fingerprint density at radius 1 is 1.07 bits per heavy atom. The van der Waals surface area contributed by atoms with Crippen molar-refractivity contribution in [1.29, 1.82) is 0 Å². The number of rotatable bonds is 8. The van der Waals surface area contributed by atoms with Crippen molar-refractivity contribution in [2.75, 3.05) is 59.6 Å². The fraction of sp³-hybridized carbons (Fsp3) is 0.438. The number of ether oxygens (including phenoxy) is 2. The van der Waals surface area contributed by atoms with Gasteiger partial charge in [0, 0.05) is 62.3 Å². The molecule has 4 saturated heterocycles. The minimum Gasteiger partial charge on any atom is -0.504 e. The topological polar surface area (TPSA) is 135 Å². The molecule has 0 unspecified atom stereocenters. The van der Waals surface area contributed by atoms with Gasteiger partial charge in [-0.15, -0.1) is 0 Å². The first kappa shape index (κ1) is 28.4. The van der Waals surface area contributed by atoms with E-state index in [1.54, 1.807) is 18.2 Å². The largest absolute Gasteiger partial charge is 0.504 e. The lowest BCUT2D eigenvalue weighted by Crippen LogP contribution is -2.51. The molecule has 4 fully saturated rings. The Hall–Kier alpha value is -4.35. The quantitative estimate of drug-likeness (QED) is 0.176. The molecule has 44 heavy (non-hydrogen) atoms. The third-order valence-electron chi connectivity index (χ3n) is 9.76. The van der Waals surface area contributed by atoms with E-state index >= 15 is 0 Å². The lowest BCUT2D eigenvalue weighted by atomic mass is 9.87. The number of urea groups is 1. The van der Waals surface area contributed by atoms with Gasteiger partial charge in [-0.25, -0.2) is 4.79 Å². The molecule has 7 rings (SSSR count). The number of fused-ring (bicyclic) bond motifs is 1. The molecule has 0 bridgehead atoms. The van der Waals surface area contributed by atoms with Crippen molar-refractivity contribution >= 4 is 28.4 Å². The Labute approximate surface area is 255 Å². The molecule has 4 aliphatic heterocycles. The van der Waals surface area contributed by atoms with E-state index in [0.717, 1.165) is 35.0 Å². The van der Waals surface area contributed by atoms with Crippen LogP contribution in [0.3, 0.4) is 0 Å². The molecule has 0 saturated carbocycles. The fourth-order valence-corrected chi connectivity index (χ4v) is 7.77. The second-order valence-electron chi connectivity index (χ2n) is 12.0. The third-order valence-corrected chi connectivity index (χ3v) is 9.76. The van der Waals surface area contributed by atoms with Gasteiger partial charge in [-0.1, -0.05) is 47.6 Å². The van der Waals surface area contributed by atoms with Crippen LogP contribution in [0.1, 0.15) is 23.6 Å². The maximum atomic E-state index is 14.5. The van der Waals surface area contributed by atoms with Crippen molar-refractivity contribution in [3.8, 4) is 11.5 Å². The number of amides is 3. The molecule has 3 amide bonds. The van der Waals surface area contributed by atoms with Gasteiger partial charge in [0.2, 0.25) is 0 Å². The number of azide groups is 1. The second-order valence-corrected chi connectivity index (χ2v) is 12.0. The normalized spacial score (nSPS) is 25.4. The summed E-state index contributed by atoms with van der Waals surface area (Å²) in [7, 11) is 1.52. The van der Waals surface area contributed by atoms with Crippen molar-refractivity contribution in [3.63, 3.8) is 0 Å². The Morgan fingerprint density at radius 3 is 2.61 bits per heavy atom. The van der Waals surface area contributed by atoms with Crippen molar-refractivity contribution in [2.24, 2.45) is 11.0 Å². The lowest BCUT2D eigenvalue weighted by molar-refractivity contribution is -0.133. The zero-order chi connectivity index (χ0) is 30.4. The summed E-state index contributed by atoms with van der Waals surface area (Å²) in [5.74, 6) is 0.283. The molecule has 12 nitrogen and oxygen atoms in total. The summed E-state index contributed by atoms with van der Waals surface area (Å²) in [4.78, 5) is 39.6. The van der Waals surface area contributed by atoms with Crippen LogP contribution < -0.4 is 4.74 Å². The van der Waals surface area contributed by atoms with Crippen molar-refractivity contribution in [3.05, 3.63) is 76.2 Å². The van der Waals surface area contributed by atoms with Crippen LogP contribution >= 0.6 is 0 Å². The number of carbonyl (C=O) groups excluding carboxylic acids is 2. The molecule has 4 aliphatic rings. The molecule has 0 aromatic heterocycles. The van der Waals surface area contributed by atoms with Gasteiger partial charge in [-0.2, -0.15) is 0 Å². The highest BCUT2D eigenvalue weighted by atomic mass is 16.5. The average Bonchev–Trinajstić information content (AvgIpc) is 3.61. The summed E-state index contributed by atoms with van der Waals surface area (Å²) in [5.41, 5.74) is 10.5. The van der Waals surface area contributed by atoms with Crippen molar-refractivity contribution < 1.29 is 24.2 Å². The summed E-state index contributed by atoms with van der Waals surface area (Å²) in [6, 6.07) is 16.3. The fourth-order valence-electron chi connectivity index (χ4n) is 7.77. The molecular formula is C32H35N7O5. The van der Waals surface area contributed by atoms with Crippen LogP contribution in [0.25, 0.3) is 21.2 Å². The molecule has 1 N–H and O–H groups in total. The van der Waals surface area contributed by atoms with Crippen molar-refractivity contribution in [2.45, 2.75) is 24.5 Å². The highest BCUT2D eigenvalue weighted by molar-refractivity contribution is 6.09. The number of phenolic OH excluding ortho intramolecular Hbond substituents is 1. The first-order chi connectivity index (χ1) is 21.4. The maximum absolute atomic E-state index is 14.5. The summed E-state index contributed by atoms with van der Waals surface area (Å²) >= 11 is 0. The van der Waals surface area contributed by atoms with E-state index in [0.29, 0.717) is 63.8 Å². The van der Waals surface area contributed by atoms with Gasteiger partial charge in [0.1, 0.15) is 5.54 Å². The number of benzene rings is 3. The maximum Gasteiger partial charge on any atom is 0.328 e. The van der Waals surface area contributed by atoms with E-state index in [4.69, 9.17) is 15.0 Å². The number of carbonyl (C=O) groups is 2. The molecule has 0 aliphatic carbocycles. The number of phenols is 1.